The molecule has 0 fully saturated rings. The number of hydrogen-bond donors (Lipinski definition) is 0. The van der Waals surface area contributed by atoms with Crippen LogP contribution in [-0.2, 0) is 0 Å². The number of nitrogens with zero attached hydrogens (tertiary/aromatic N) is 1. The smallest absolute Gasteiger partial charge is 0.278 e. The first-order valence-electron chi connectivity index (χ1n) is 3.00. The Labute approximate surface area is 61.5 Å². The van der Waals surface area contributed by atoms with Gasteiger partial charge in [0.2, 0.25) is 0 Å². The fourth-order valence-electron chi connectivity index (χ4n) is 0.786. The first-order valence-corrected chi connectivity index (χ1v) is 3.00. The second-order valence-corrected chi connectivity index (χ2v) is 1.98. The molecule has 0 saturated heterocycles. The third kappa shape index (κ3) is 1.02. The summed E-state index contributed by atoms with van der Waals surface area (Å²) in [5, 5.41) is 0. The predicted molar refractivity (Wildman–Crippen MR) is 34.2 cm³/mol. The van der Waals surface area contributed by atoms with Crippen molar-refractivity contribution in [1.82, 2.24) is 4.98 Å². The molecule has 0 bridgehead atoms. The van der Waals surface area contributed by atoms with Crippen molar-refractivity contribution in [1.29, 1.82) is 0 Å². The molecule has 0 aromatic carbocycles. The third-order valence-corrected chi connectivity index (χ3v) is 1.26. The lowest BCUT2D eigenvalue weighted by Gasteiger charge is -1.83. The summed E-state index contributed by atoms with van der Waals surface area (Å²) < 4.78 is 21.6. The Morgan fingerprint density at radius 1 is 1.36 bits per heavy atom. The Bertz CT molecular complexity index is 339. The minimum absolute atomic E-state index is 0.372. The molecule has 4 heteroatoms. The van der Waals surface area contributed by atoms with Gasteiger partial charge in [-0.1, -0.05) is 0 Å². The van der Waals surface area contributed by atoms with Gasteiger partial charge in [-0.05, 0) is 6.07 Å². The van der Waals surface area contributed by atoms with Crippen LogP contribution in [0.1, 0.15) is 0 Å². The SMILES string of the molecule is Fc1ccc(-c2cocn2)o1. The predicted octanol–water partition coefficient (Wildman–Crippen LogP) is 2.07. The minimum Gasteiger partial charge on any atom is -0.451 e. The zero-order valence-electron chi connectivity index (χ0n) is 5.45. The van der Waals surface area contributed by atoms with Crippen LogP contribution < -0.4 is 0 Å². The van der Waals surface area contributed by atoms with E-state index in [1.165, 1.54) is 24.8 Å². The molecule has 2 aromatic rings. The van der Waals surface area contributed by atoms with Gasteiger partial charge < -0.3 is 8.83 Å². The first kappa shape index (κ1) is 6.15. The van der Waals surface area contributed by atoms with E-state index >= 15 is 0 Å². The standard InChI is InChI=1S/C7H4FNO2/c8-7-2-1-6(11-7)5-3-10-4-9-5/h1-4H. The van der Waals surface area contributed by atoms with E-state index in [0.29, 0.717) is 11.5 Å². The van der Waals surface area contributed by atoms with Crippen molar-refractivity contribution < 1.29 is 13.2 Å². The molecule has 2 heterocycles. The maximum Gasteiger partial charge on any atom is 0.278 e. The highest BCUT2D eigenvalue weighted by Crippen LogP contribution is 2.18. The molecule has 0 spiro atoms. The van der Waals surface area contributed by atoms with Gasteiger partial charge in [0.25, 0.3) is 6.01 Å². The maximum absolute atomic E-state index is 12.3. The normalized spacial score (nSPS) is 10.3. The van der Waals surface area contributed by atoms with Gasteiger partial charge >= 0.3 is 0 Å². The average Bonchev–Trinajstić information content (AvgIpc) is 2.55. The summed E-state index contributed by atoms with van der Waals surface area (Å²) in [6.45, 7) is 0. The lowest BCUT2D eigenvalue weighted by atomic mass is 10.4. The Morgan fingerprint density at radius 3 is 2.82 bits per heavy atom. The highest BCUT2D eigenvalue weighted by molar-refractivity contribution is 5.49. The van der Waals surface area contributed by atoms with E-state index in [1.807, 2.05) is 0 Å². The molecule has 0 atom stereocenters. The van der Waals surface area contributed by atoms with Crippen LogP contribution in [0.4, 0.5) is 4.39 Å². The number of hydrogen-bond acceptors (Lipinski definition) is 3. The van der Waals surface area contributed by atoms with Gasteiger partial charge in [-0.25, -0.2) is 4.98 Å². The van der Waals surface area contributed by atoms with Crippen LogP contribution in [0, 0.1) is 6.01 Å². The molecule has 0 aliphatic carbocycles. The fraction of sp³-hybridized carbons (Fsp3) is 0. The Kier molecular flexibility index (Phi) is 1.25. The van der Waals surface area contributed by atoms with Crippen LogP contribution in [0.25, 0.3) is 11.5 Å². The molecule has 0 aliphatic rings. The maximum atomic E-state index is 12.3. The van der Waals surface area contributed by atoms with E-state index in [2.05, 4.69) is 13.8 Å². The molecular formula is C7H4FNO2. The van der Waals surface area contributed by atoms with Crippen LogP contribution >= 0.6 is 0 Å². The summed E-state index contributed by atoms with van der Waals surface area (Å²) >= 11 is 0. The third-order valence-electron chi connectivity index (χ3n) is 1.26. The fourth-order valence-corrected chi connectivity index (χ4v) is 0.786. The number of oxazole rings is 1. The largest absolute Gasteiger partial charge is 0.451 e. The second kappa shape index (κ2) is 2.23. The van der Waals surface area contributed by atoms with Crippen LogP contribution in [0.15, 0.2) is 33.6 Å². The van der Waals surface area contributed by atoms with Crippen molar-refractivity contribution >= 4 is 0 Å². The molecule has 11 heavy (non-hydrogen) atoms. The Morgan fingerprint density at radius 2 is 2.27 bits per heavy atom. The molecule has 0 saturated carbocycles. The van der Waals surface area contributed by atoms with Crippen LogP contribution in [0.2, 0.25) is 0 Å². The van der Waals surface area contributed by atoms with E-state index in [1.54, 1.807) is 0 Å². The van der Waals surface area contributed by atoms with Gasteiger partial charge in [0.15, 0.2) is 12.2 Å². The average molecular weight is 153 g/mol. The highest BCUT2D eigenvalue weighted by atomic mass is 19.1. The van der Waals surface area contributed by atoms with E-state index in [4.69, 9.17) is 0 Å². The highest BCUT2D eigenvalue weighted by Gasteiger charge is 2.05. The molecule has 0 unspecified atom stereocenters. The molecule has 0 radical (unpaired) electrons. The quantitative estimate of drug-likeness (QED) is 0.629. The van der Waals surface area contributed by atoms with Gasteiger partial charge in [-0.2, -0.15) is 4.39 Å². The van der Waals surface area contributed by atoms with Gasteiger partial charge in [0, 0.05) is 6.07 Å². The monoisotopic (exact) mass is 153 g/mol. The summed E-state index contributed by atoms with van der Waals surface area (Å²) in [5.74, 6) is 0.372. The topological polar surface area (TPSA) is 39.2 Å². The first-order chi connectivity index (χ1) is 5.36. The summed E-state index contributed by atoms with van der Waals surface area (Å²) in [6.07, 6.45) is 2.65. The Balaban J connectivity index is 2.45. The second-order valence-electron chi connectivity index (χ2n) is 1.98. The molecule has 56 valence electrons. The Hall–Kier alpha value is -1.58. The molecule has 0 N–H and O–H groups in total. The number of aromatic nitrogens is 1. The van der Waals surface area contributed by atoms with Crippen molar-refractivity contribution in [3.05, 3.63) is 30.8 Å². The van der Waals surface area contributed by atoms with Gasteiger partial charge in [0.05, 0.1) is 0 Å². The van der Waals surface area contributed by atoms with Crippen LogP contribution in [0.3, 0.4) is 0 Å². The summed E-state index contributed by atoms with van der Waals surface area (Å²) in [4.78, 5) is 3.77. The number of halogens is 1. The summed E-state index contributed by atoms with van der Waals surface area (Å²) in [5.41, 5.74) is 0.494. The van der Waals surface area contributed by atoms with Crippen molar-refractivity contribution in [2.24, 2.45) is 0 Å². The van der Waals surface area contributed by atoms with Crippen molar-refractivity contribution in [3.8, 4) is 11.5 Å². The minimum atomic E-state index is -0.622. The molecule has 3 nitrogen and oxygen atoms in total. The zero-order valence-corrected chi connectivity index (χ0v) is 5.45. The lowest BCUT2D eigenvalue weighted by molar-refractivity contribution is 0.366. The zero-order chi connectivity index (χ0) is 7.68. The molecule has 2 rings (SSSR count). The molecular weight excluding hydrogens is 149 g/mol. The van der Waals surface area contributed by atoms with E-state index in [9.17, 15) is 4.39 Å². The van der Waals surface area contributed by atoms with Gasteiger partial charge in [-0.3, -0.25) is 0 Å². The van der Waals surface area contributed by atoms with Crippen molar-refractivity contribution in [3.63, 3.8) is 0 Å². The molecule has 0 aliphatic heterocycles. The van der Waals surface area contributed by atoms with Gasteiger partial charge in [-0.15, -0.1) is 0 Å². The summed E-state index contributed by atoms with van der Waals surface area (Å²) in [7, 11) is 0. The number of rotatable bonds is 1. The van der Waals surface area contributed by atoms with Crippen molar-refractivity contribution in [2.45, 2.75) is 0 Å². The van der Waals surface area contributed by atoms with Gasteiger partial charge in [0.1, 0.15) is 12.0 Å². The van der Waals surface area contributed by atoms with E-state index in [-0.39, 0.29) is 0 Å². The van der Waals surface area contributed by atoms with E-state index < -0.39 is 6.01 Å². The number of furan rings is 1. The molecule has 2 aromatic heterocycles. The van der Waals surface area contributed by atoms with Crippen LogP contribution in [-0.4, -0.2) is 4.98 Å². The molecule has 0 amide bonds. The van der Waals surface area contributed by atoms with E-state index in [0.717, 1.165) is 0 Å². The summed E-state index contributed by atoms with van der Waals surface area (Å²) in [6, 6.07) is 2.10. The van der Waals surface area contributed by atoms with Crippen molar-refractivity contribution in [2.75, 3.05) is 0 Å². The lowest BCUT2D eigenvalue weighted by Crippen LogP contribution is -1.69. The van der Waals surface area contributed by atoms with Crippen LogP contribution in [0.5, 0.6) is 0 Å².